The van der Waals surface area contributed by atoms with Gasteiger partial charge in [-0.2, -0.15) is 13.2 Å². The number of halogens is 3. The summed E-state index contributed by atoms with van der Waals surface area (Å²) in [5, 5.41) is 58.5. The van der Waals surface area contributed by atoms with Crippen LogP contribution >= 0.6 is 0 Å². The maximum absolute atomic E-state index is 13.7. The number of nitrogens with two attached hydrogens (primary N) is 1. The Kier molecular flexibility index (Phi) is 7.23. The van der Waals surface area contributed by atoms with Gasteiger partial charge in [-0.25, -0.2) is 4.79 Å². The fraction of sp³-hybridized carbons (Fsp3) is 0.310. The fourth-order valence-electron chi connectivity index (χ4n) is 6.32. The molecule has 3 aliphatic carbocycles. The average molecular weight is 633 g/mol. The molecule has 0 bridgehead atoms. The third kappa shape index (κ3) is 4.86. The second-order valence-corrected chi connectivity index (χ2v) is 11.3. The third-order valence-corrected chi connectivity index (χ3v) is 8.33. The van der Waals surface area contributed by atoms with Gasteiger partial charge < -0.3 is 46.8 Å². The number of benzene rings is 2. The number of aromatic hydroxyl groups is 2. The van der Waals surface area contributed by atoms with E-state index in [2.05, 4.69) is 5.32 Å². The Morgan fingerprint density at radius 3 is 2.27 bits per heavy atom. The summed E-state index contributed by atoms with van der Waals surface area (Å²) in [6.45, 7) is 0. The summed E-state index contributed by atoms with van der Waals surface area (Å²) in [4.78, 5) is 52.5. The highest BCUT2D eigenvalue weighted by molar-refractivity contribution is 6.23. The van der Waals surface area contributed by atoms with Gasteiger partial charge in [0.05, 0.1) is 22.5 Å². The Hall–Kier alpha value is -5.25. The molecule has 3 amide bonds. The third-order valence-electron chi connectivity index (χ3n) is 8.33. The molecule has 5 rings (SSSR count). The largest absolute Gasteiger partial charge is 0.508 e. The predicted octanol–water partition coefficient (Wildman–Crippen LogP) is 2.86. The van der Waals surface area contributed by atoms with Crippen molar-refractivity contribution in [3.63, 3.8) is 0 Å². The molecule has 13 nitrogen and oxygen atoms in total. The number of ketones is 2. The van der Waals surface area contributed by atoms with Crippen molar-refractivity contribution >= 4 is 46.3 Å². The van der Waals surface area contributed by atoms with E-state index in [0.717, 1.165) is 12.1 Å². The highest BCUT2D eigenvalue weighted by Crippen LogP contribution is 2.54. The Bertz CT molecular complexity index is 1770. The van der Waals surface area contributed by atoms with E-state index < -0.39 is 99.0 Å². The number of phenols is 2. The zero-order valence-electron chi connectivity index (χ0n) is 23.6. The van der Waals surface area contributed by atoms with Gasteiger partial charge in [0, 0.05) is 37.7 Å². The van der Waals surface area contributed by atoms with Crippen LogP contribution in [0.15, 0.2) is 41.2 Å². The molecular formula is C29H27F3N4O9. The van der Waals surface area contributed by atoms with Crippen molar-refractivity contribution in [3.8, 4) is 11.5 Å². The summed E-state index contributed by atoms with van der Waals surface area (Å²) in [7, 11) is 3.19. The molecule has 3 aliphatic rings. The number of primary amides is 1. The van der Waals surface area contributed by atoms with Gasteiger partial charge in [-0.15, -0.1) is 0 Å². The number of carbonyl (C=O) groups is 4. The van der Waals surface area contributed by atoms with E-state index in [1.807, 2.05) is 5.32 Å². The SMILES string of the molecule is CN(C)c1cc(NC(=O)Nc2ccc(O)cc2C(F)(F)F)c(O)c2c1C[C@H]1C[C@H]3CC(=O)C(C(N)=O)=C(O)[C@@]3(O)C(=O)C1=C2O. The van der Waals surface area contributed by atoms with E-state index in [1.54, 1.807) is 19.0 Å². The van der Waals surface area contributed by atoms with Crippen LogP contribution in [0.5, 0.6) is 11.5 Å². The lowest BCUT2D eigenvalue weighted by atomic mass is 9.59. The molecule has 2 aromatic carbocycles. The van der Waals surface area contributed by atoms with E-state index in [4.69, 9.17) is 5.73 Å². The molecule has 238 valence electrons. The van der Waals surface area contributed by atoms with Crippen molar-refractivity contribution in [2.24, 2.45) is 17.6 Å². The van der Waals surface area contributed by atoms with Crippen LogP contribution in [0.2, 0.25) is 0 Å². The molecule has 3 atom stereocenters. The summed E-state index contributed by atoms with van der Waals surface area (Å²) < 4.78 is 40.4. The highest BCUT2D eigenvalue weighted by atomic mass is 19.4. The standard InChI is InChI=1S/C29H27F3N4O9/c1-36(2)17-9-16(35-27(44)34-15-4-3-12(37)8-14(15)29(30,31)32)22(39)20-13(17)6-10-5-11-7-18(38)21(26(33)43)25(42)28(11,45)24(41)19(10)23(20)40/h3-4,8-11,37,39-40,42,45H,5-7H2,1-2H3,(H2,33,43)(H2,34,35,44)/t10-,11+,28+/m1/s1. The minimum Gasteiger partial charge on any atom is -0.508 e. The zero-order chi connectivity index (χ0) is 33.3. The molecule has 0 unspecified atom stereocenters. The maximum atomic E-state index is 13.7. The van der Waals surface area contributed by atoms with Gasteiger partial charge >= 0.3 is 12.2 Å². The number of carbonyl (C=O) groups excluding carboxylic acids is 4. The number of aliphatic hydroxyl groups excluding tert-OH is 2. The Balaban J connectivity index is 1.58. The van der Waals surface area contributed by atoms with Crippen LogP contribution in [0.1, 0.15) is 29.5 Å². The van der Waals surface area contributed by atoms with Crippen LogP contribution in [-0.2, 0) is 27.0 Å². The molecule has 16 heteroatoms. The second kappa shape index (κ2) is 10.4. The molecule has 0 radical (unpaired) electrons. The van der Waals surface area contributed by atoms with Crippen LogP contribution in [0.25, 0.3) is 5.76 Å². The number of hydrogen-bond donors (Lipinski definition) is 8. The number of hydrogen-bond acceptors (Lipinski definition) is 10. The predicted molar refractivity (Wildman–Crippen MR) is 151 cm³/mol. The minimum atomic E-state index is -4.94. The van der Waals surface area contributed by atoms with Crippen LogP contribution in [0.3, 0.4) is 0 Å². The molecule has 0 heterocycles. The number of alkyl halides is 3. The lowest BCUT2D eigenvalue weighted by Crippen LogP contribution is -2.58. The number of urea groups is 1. The van der Waals surface area contributed by atoms with Crippen LogP contribution in [0, 0.1) is 11.8 Å². The van der Waals surface area contributed by atoms with Crippen LogP contribution in [-0.4, -0.2) is 68.7 Å². The summed E-state index contributed by atoms with van der Waals surface area (Å²) in [6.07, 6.45) is -5.52. The Morgan fingerprint density at radius 2 is 1.67 bits per heavy atom. The van der Waals surface area contributed by atoms with Crippen molar-refractivity contribution in [1.29, 1.82) is 0 Å². The van der Waals surface area contributed by atoms with Gasteiger partial charge in [0.25, 0.3) is 5.91 Å². The topological polar surface area (TPSA) is 223 Å². The van der Waals surface area contributed by atoms with Gasteiger partial charge in [-0.1, -0.05) is 0 Å². The molecule has 0 spiro atoms. The van der Waals surface area contributed by atoms with E-state index in [-0.39, 0.29) is 24.1 Å². The van der Waals surface area contributed by atoms with Gasteiger partial charge in [0.2, 0.25) is 5.78 Å². The van der Waals surface area contributed by atoms with Gasteiger partial charge in [-0.3, -0.25) is 14.4 Å². The summed E-state index contributed by atoms with van der Waals surface area (Å²) in [5.74, 6) is -8.91. The smallest absolute Gasteiger partial charge is 0.418 e. The van der Waals surface area contributed by atoms with Crippen molar-refractivity contribution < 1.29 is 57.9 Å². The number of anilines is 3. The van der Waals surface area contributed by atoms with E-state index >= 15 is 0 Å². The average Bonchev–Trinajstić information content (AvgIpc) is 2.92. The van der Waals surface area contributed by atoms with Crippen molar-refractivity contribution in [1.82, 2.24) is 0 Å². The number of nitrogens with one attached hydrogen (secondary N) is 2. The van der Waals surface area contributed by atoms with Crippen LogP contribution in [0.4, 0.5) is 35.0 Å². The number of fused-ring (bicyclic) bond motifs is 3. The van der Waals surface area contributed by atoms with Gasteiger partial charge in [0.15, 0.2) is 17.1 Å². The molecular weight excluding hydrogens is 605 g/mol. The molecule has 1 saturated carbocycles. The summed E-state index contributed by atoms with van der Waals surface area (Å²) in [6, 6.07) is 2.22. The summed E-state index contributed by atoms with van der Waals surface area (Å²) in [5.41, 5.74) is -1.04. The molecule has 0 aromatic heterocycles. The lowest BCUT2D eigenvalue weighted by Gasteiger charge is -2.46. The van der Waals surface area contributed by atoms with Crippen molar-refractivity contribution in [2.45, 2.75) is 31.0 Å². The minimum absolute atomic E-state index is 0.00953. The molecule has 9 N–H and O–H groups in total. The number of phenolic OH excluding ortho intramolecular Hbond substituents is 2. The van der Waals surface area contributed by atoms with E-state index in [0.29, 0.717) is 17.3 Å². The van der Waals surface area contributed by atoms with Gasteiger partial charge in [-0.05, 0) is 48.6 Å². The van der Waals surface area contributed by atoms with Crippen LogP contribution < -0.4 is 21.3 Å². The quantitative estimate of drug-likeness (QED) is 0.140. The number of Topliss-reactive ketones (excluding diaryl/α,β-unsaturated/α-hetero) is 2. The van der Waals surface area contributed by atoms with Crippen molar-refractivity contribution in [3.05, 3.63) is 57.9 Å². The fourth-order valence-corrected chi connectivity index (χ4v) is 6.32. The van der Waals surface area contributed by atoms with E-state index in [1.165, 1.54) is 6.07 Å². The molecule has 0 saturated heterocycles. The number of amides is 3. The molecule has 0 aliphatic heterocycles. The van der Waals surface area contributed by atoms with E-state index in [9.17, 15) is 57.9 Å². The lowest BCUT2D eigenvalue weighted by molar-refractivity contribution is -0.147. The number of rotatable bonds is 4. The Morgan fingerprint density at radius 1 is 1.02 bits per heavy atom. The first-order chi connectivity index (χ1) is 20.9. The first-order valence-corrected chi connectivity index (χ1v) is 13.4. The number of aliphatic hydroxyl groups is 3. The zero-order valence-corrected chi connectivity index (χ0v) is 23.6. The Labute approximate surface area is 252 Å². The molecule has 45 heavy (non-hydrogen) atoms. The normalized spacial score (nSPS) is 22.8. The first-order valence-electron chi connectivity index (χ1n) is 13.4. The number of nitrogens with zero attached hydrogens (tertiary/aromatic N) is 1. The summed E-state index contributed by atoms with van der Waals surface area (Å²) >= 11 is 0. The first kappa shape index (κ1) is 31.2. The molecule has 2 aromatic rings. The molecule has 1 fully saturated rings. The van der Waals surface area contributed by atoms with Crippen molar-refractivity contribution in [2.75, 3.05) is 29.6 Å². The van der Waals surface area contributed by atoms with Gasteiger partial charge in [0.1, 0.15) is 22.8 Å². The highest BCUT2D eigenvalue weighted by Gasteiger charge is 2.60. The maximum Gasteiger partial charge on any atom is 0.418 e. The monoisotopic (exact) mass is 632 g/mol. The second-order valence-electron chi connectivity index (χ2n) is 11.3.